The summed E-state index contributed by atoms with van der Waals surface area (Å²) >= 11 is 3.95. The van der Waals surface area contributed by atoms with Crippen molar-refractivity contribution >= 4 is 23.5 Å². The van der Waals surface area contributed by atoms with Crippen LogP contribution in [-0.4, -0.2) is 40.5 Å². The van der Waals surface area contributed by atoms with E-state index < -0.39 is 0 Å². The highest BCUT2D eigenvalue weighted by molar-refractivity contribution is 8.06. The molecule has 2 fully saturated rings. The first-order valence-electron chi connectivity index (χ1n) is 7.08. The van der Waals surface area contributed by atoms with Crippen molar-refractivity contribution in [1.82, 2.24) is 15.5 Å². The van der Waals surface area contributed by atoms with E-state index in [0.717, 1.165) is 43.4 Å². The Morgan fingerprint density at radius 2 is 2.42 bits per heavy atom. The van der Waals surface area contributed by atoms with E-state index in [1.807, 2.05) is 23.5 Å². The molecule has 3 heterocycles. The Morgan fingerprint density at radius 1 is 1.47 bits per heavy atom. The molecule has 0 bridgehead atoms. The smallest absolute Gasteiger partial charge is 0.234 e. The number of aromatic nitrogens is 2. The Hall–Kier alpha value is -0.200. The summed E-state index contributed by atoms with van der Waals surface area (Å²) < 4.78 is 5.63. The van der Waals surface area contributed by atoms with Gasteiger partial charge in [-0.1, -0.05) is 12.1 Å². The van der Waals surface area contributed by atoms with Crippen molar-refractivity contribution in [2.45, 2.75) is 36.9 Å². The lowest BCUT2D eigenvalue weighted by Gasteiger charge is -2.33. The second-order valence-electron chi connectivity index (χ2n) is 5.31. The fraction of sp³-hybridized carbons (Fsp3) is 0.846. The Morgan fingerprint density at radius 3 is 3.11 bits per heavy atom. The molecule has 0 amide bonds. The molecule has 1 aromatic rings. The Balaban J connectivity index is 1.79. The minimum absolute atomic E-state index is 0.0655. The van der Waals surface area contributed by atoms with Gasteiger partial charge in [0.2, 0.25) is 5.89 Å². The number of thioether (sulfide) groups is 2. The minimum atomic E-state index is 0.0655. The highest BCUT2D eigenvalue weighted by Gasteiger charge is 2.38. The molecule has 1 N–H and O–H groups in total. The molecule has 0 aliphatic carbocycles. The average Bonchev–Trinajstić information content (AvgIpc) is 2.99. The van der Waals surface area contributed by atoms with Crippen molar-refractivity contribution in [3.05, 3.63) is 11.7 Å². The molecule has 0 aromatic carbocycles. The monoisotopic (exact) mass is 299 g/mol. The average molecular weight is 299 g/mol. The van der Waals surface area contributed by atoms with E-state index in [1.54, 1.807) is 0 Å². The van der Waals surface area contributed by atoms with Crippen LogP contribution in [0.1, 0.15) is 43.2 Å². The normalized spacial score (nSPS) is 32.4. The molecule has 2 saturated heterocycles. The Bertz CT molecular complexity index is 412. The van der Waals surface area contributed by atoms with Gasteiger partial charge in [-0.25, -0.2) is 0 Å². The third kappa shape index (κ3) is 2.81. The van der Waals surface area contributed by atoms with E-state index in [4.69, 9.17) is 9.51 Å². The third-order valence-corrected chi connectivity index (χ3v) is 6.90. The summed E-state index contributed by atoms with van der Waals surface area (Å²) in [6.07, 6.45) is 3.42. The molecular weight excluding hydrogens is 278 g/mol. The number of hydrogen-bond donors (Lipinski definition) is 1. The van der Waals surface area contributed by atoms with Gasteiger partial charge in [-0.2, -0.15) is 16.7 Å². The minimum Gasteiger partial charge on any atom is -0.339 e. The van der Waals surface area contributed by atoms with Crippen LogP contribution in [0.4, 0.5) is 0 Å². The molecule has 1 aromatic heterocycles. The summed E-state index contributed by atoms with van der Waals surface area (Å²) in [5.74, 6) is 5.31. The van der Waals surface area contributed by atoms with Gasteiger partial charge >= 0.3 is 0 Å². The van der Waals surface area contributed by atoms with Crippen molar-refractivity contribution in [2.75, 3.05) is 30.3 Å². The van der Waals surface area contributed by atoms with Crippen LogP contribution in [0.25, 0.3) is 0 Å². The molecule has 6 heteroatoms. The largest absolute Gasteiger partial charge is 0.339 e. The van der Waals surface area contributed by atoms with Gasteiger partial charge in [0.05, 0.1) is 10.7 Å². The molecule has 2 atom stereocenters. The summed E-state index contributed by atoms with van der Waals surface area (Å²) in [7, 11) is 0. The van der Waals surface area contributed by atoms with E-state index in [1.165, 1.54) is 17.9 Å². The predicted molar refractivity (Wildman–Crippen MR) is 80.9 cm³/mol. The molecule has 2 aliphatic heterocycles. The second kappa shape index (κ2) is 6.06. The lowest BCUT2D eigenvalue weighted by atomic mass is 9.78. The molecule has 0 spiro atoms. The summed E-state index contributed by atoms with van der Waals surface area (Å²) in [6, 6.07) is 0. The van der Waals surface area contributed by atoms with E-state index in [9.17, 15) is 0 Å². The van der Waals surface area contributed by atoms with E-state index >= 15 is 0 Å². The van der Waals surface area contributed by atoms with E-state index in [2.05, 4.69) is 17.4 Å². The molecule has 19 heavy (non-hydrogen) atoms. The quantitative estimate of drug-likeness (QED) is 0.926. The molecule has 2 aliphatic rings. The maximum absolute atomic E-state index is 5.63. The summed E-state index contributed by atoms with van der Waals surface area (Å²) in [4.78, 5) is 4.75. The lowest BCUT2D eigenvalue weighted by Crippen LogP contribution is -2.43. The van der Waals surface area contributed by atoms with Gasteiger partial charge in [0.15, 0.2) is 5.82 Å². The molecule has 0 saturated carbocycles. The molecule has 0 radical (unpaired) electrons. The SMILES string of the molecule is CCC1(c2nc(C3CSCCS3)no2)CCCNC1. The fourth-order valence-corrected chi connectivity index (χ4v) is 5.41. The van der Waals surface area contributed by atoms with Crippen LogP contribution in [0.2, 0.25) is 0 Å². The Labute approximate surface area is 122 Å². The van der Waals surface area contributed by atoms with E-state index in [-0.39, 0.29) is 5.41 Å². The summed E-state index contributed by atoms with van der Waals surface area (Å²) in [5, 5.41) is 8.16. The van der Waals surface area contributed by atoms with Crippen molar-refractivity contribution in [2.24, 2.45) is 0 Å². The predicted octanol–water partition coefficient (Wildman–Crippen LogP) is 2.62. The lowest BCUT2D eigenvalue weighted by molar-refractivity contribution is 0.220. The van der Waals surface area contributed by atoms with Gasteiger partial charge < -0.3 is 9.84 Å². The van der Waals surface area contributed by atoms with Crippen LogP contribution in [0.3, 0.4) is 0 Å². The number of nitrogens with zero attached hydrogens (tertiary/aromatic N) is 2. The highest BCUT2D eigenvalue weighted by Crippen LogP contribution is 2.38. The molecule has 3 rings (SSSR count). The summed E-state index contributed by atoms with van der Waals surface area (Å²) in [5.41, 5.74) is 0.0655. The number of hydrogen-bond acceptors (Lipinski definition) is 6. The van der Waals surface area contributed by atoms with Gasteiger partial charge in [0, 0.05) is 23.8 Å². The molecular formula is C13H21N3OS2. The van der Waals surface area contributed by atoms with Crippen LogP contribution >= 0.6 is 23.5 Å². The van der Waals surface area contributed by atoms with Crippen molar-refractivity contribution in [1.29, 1.82) is 0 Å². The van der Waals surface area contributed by atoms with Crippen LogP contribution < -0.4 is 5.32 Å². The molecule has 106 valence electrons. The first kappa shape index (κ1) is 13.8. The van der Waals surface area contributed by atoms with Crippen LogP contribution in [0.5, 0.6) is 0 Å². The van der Waals surface area contributed by atoms with Crippen molar-refractivity contribution < 1.29 is 4.52 Å². The summed E-state index contributed by atoms with van der Waals surface area (Å²) in [6.45, 7) is 4.30. The maximum Gasteiger partial charge on any atom is 0.234 e. The van der Waals surface area contributed by atoms with Crippen molar-refractivity contribution in [3.63, 3.8) is 0 Å². The second-order valence-corrected chi connectivity index (χ2v) is 7.77. The van der Waals surface area contributed by atoms with Gasteiger partial charge in [-0.3, -0.25) is 0 Å². The number of rotatable bonds is 3. The van der Waals surface area contributed by atoms with Gasteiger partial charge in [0.25, 0.3) is 0 Å². The van der Waals surface area contributed by atoms with Crippen LogP contribution in [0, 0.1) is 0 Å². The first-order chi connectivity index (χ1) is 9.34. The number of piperidine rings is 1. The maximum atomic E-state index is 5.63. The van der Waals surface area contributed by atoms with Crippen molar-refractivity contribution in [3.8, 4) is 0 Å². The third-order valence-electron chi connectivity index (χ3n) is 4.15. The zero-order valence-electron chi connectivity index (χ0n) is 11.4. The zero-order chi connectivity index (χ0) is 13.1. The standard InChI is InChI=1S/C13H21N3OS2/c1-2-13(4-3-5-14-9-13)12-15-11(16-17-12)10-8-18-6-7-19-10/h10,14H,2-9H2,1H3. The fourth-order valence-electron chi connectivity index (χ4n) is 2.82. The zero-order valence-corrected chi connectivity index (χ0v) is 13.0. The van der Waals surface area contributed by atoms with Gasteiger partial charge in [-0.15, -0.1) is 11.8 Å². The Kier molecular flexibility index (Phi) is 4.39. The van der Waals surface area contributed by atoms with Gasteiger partial charge in [-0.05, 0) is 25.8 Å². The molecule has 4 nitrogen and oxygen atoms in total. The number of nitrogens with one attached hydrogen (secondary N) is 1. The van der Waals surface area contributed by atoms with Crippen LogP contribution in [-0.2, 0) is 5.41 Å². The topological polar surface area (TPSA) is 51.0 Å². The first-order valence-corrected chi connectivity index (χ1v) is 9.28. The highest BCUT2D eigenvalue weighted by atomic mass is 32.2. The van der Waals surface area contributed by atoms with Gasteiger partial charge in [0.1, 0.15) is 0 Å². The van der Waals surface area contributed by atoms with E-state index in [0.29, 0.717) is 5.25 Å². The molecule has 2 unspecified atom stereocenters. The van der Waals surface area contributed by atoms with Crippen LogP contribution in [0.15, 0.2) is 4.52 Å².